The third-order valence-corrected chi connectivity index (χ3v) is 4.13. The molecule has 0 spiro atoms. The molecule has 2 aromatic carbocycles. The zero-order chi connectivity index (χ0) is 23.8. The molecular weight excluding hydrogens is 438 g/mol. The van der Waals surface area contributed by atoms with Gasteiger partial charge in [-0.2, -0.15) is 0 Å². The van der Waals surface area contributed by atoms with Crippen LogP contribution in [0.2, 0.25) is 0 Å². The van der Waals surface area contributed by atoms with E-state index in [2.05, 4.69) is 26.2 Å². The Balaban J connectivity index is 1.61. The summed E-state index contributed by atoms with van der Waals surface area (Å²) in [5.41, 5.74) is -0.306. The average molecular weight is 455 g/mol. The van der Waals surface area contributed by atoms with Gasteiger partial charge < -0.3 is 20.1 Å². The number of hydrogen-bond acceptors (Lipinski definition) is 10. The smallest absolute Gasteiger partial charge is 0.340 e. The number of aromatic nitrogens is 4. The van der Waals surface area contributed by atoms with E-state index in [0.29, 0.717) is 0 Å². The number of amides is 2. The molecule has 0 bridgehead atoms. The Morgan fingerprint density at radius 3 is 2.55 bits per heavy atom. The van der Waals surface area contributed by atoms with E-state index in [1.807, 2.05) is 0 Å². The Kier molecular flexibility index (Phi) is 7.20. The van der Waals surface area contributed by atoms with Gasteiger partial charge in [0.05, 0.1) is 29.4 Å². The number of nitrogens with zero attached hydrogens (tertiary/aromatic N) is 5. The monoisotopic (exact) mass is 455 g/mol. The largest absolute Gasteiger partial charge is 0.496 e. The Bertz CT molecular complexity index is 1180. The van der Waals surface area contributed by atoms with Gasteiger partial charge in [0, 0.05) is 0 Å². The number of rotatable bonds is 9. The van der Waals surface area contributed by atoms with E-state index in [1.54, 1.807) is 12.1 Å². The summed E-state index contributed by atoms with van der Waals surface area (Å²) in [6.07, 6.45) is 1.26. The molecule has 3 rings (SSSR count). The van der Waals surface area contributed by atoms with Crippen molar-refractivity contribution in [2.75, 3.05) is 24.4 Å². The molecule has 0 aliphatic heterocycles. The fourth-order valence-electron chi connectivity index (χ4n) is 2.65. The number of anilines is 2. The van der Waals surface area contributed by atoms with Crippen LogP contribution in [0.5, 0.6) is 5.75 Å². The van der Waals surface area contributed by atoms with Crippen molar-refractivity contribution in [2.45, 2.75) is 6.54 Å². The number of nitro benzene ring substituents is 1. The molecule has 0 fully saturated rings. The molecular formula is C19H17N7O7. The van der Waals surface area contributed by atoms with E-state index >= 15 is 0 Å². The van der Waals surface area contributed by atoms with Crippen molar-refractivity contribution in [3.8, 4) is 5.75 Å². The highest BCUT2D eigenvalue weighted by Gasteiger charge is 2.19. The van der Waals surface area contributed by atoms with Gasteiger partial charge in [-0.25, -0.2) is 9.48 Å². The predicted octanol–water partition coefficient (Wildman–Crippen LogP) is 1.02. The topological polar surface area (TPSA) is 180 Å². The van der Waals surface area contributed by atoms with Crippen LogP contribution in [0.25, 0.3) is 0 Å². The van der Waals surface area contributed by atoms with Crippen molar-refractivity contribution in [1.82, 2.24) is 20.2 Å². The Hall–Kier alpha value is -4.88. The first kappa shape index (κ1) is 22.8. The summed E-state index contributed by atoms with van der Waals surface area (Å²) in [7, 11) is 1.35. The molecule has 0 saturated heterocycles. The number of esters is 1. The van der Waals surface area contributed by atoms with Crippen LogP contribution in [0.15, 0.2) is 48.8 Å². The van der Waals surface area contributed by atoms with Crippen LogP contribution in [0.4, 0.5) is 17.1 Å². The maximum Gasteiger partial charge on any atom is 0.340 e. The van der Waals surface area contributed by atoms with Gasteiger partial charge in [-0.1, -0.05) is 12.1 Å². The van der Waals surface area contributed by atoms with E-state index in [1.165, 1.54) is 42.4 Å². The molecule has 3 aromatic rings. The van der Waals surface area contributed by atoms with Gasteiger partial charge in [0.25, 0.3) is 11.6 Å². The van der Waals surface area contributed by atoms with Crippen LogP contribution < -0.4 is 15.4 Å². The molecule has 170 valence electrons. The van der Waals surface area contributed by atoms with Crippen LogP contribution in [0.3, 0.4) is 0 Å². The van der Waals surface area contributed by atoms with E-state index in [0.717, 1.165) is 6.07 Å². The number of ether oxygens (including phenoxy) is 2. The van der Waals surface area contributed by atoms with Crippen LogP contribution in [0, 0.1) is 10.1 Å². The lowest BCUT2D eigenvalue weighted by atomic mass is 10.2. The standard InChI is InChI=1S/C19H17N7O7/c1-32-12-6-7-15(16(8-12)26(30)31)22-18(28)10-33-19(29)13-4-2-3-5-14(13)21-17(27)9-25-11-20-23-24-25/h2-8,11H,9-10H2,1H3,(H,21,27)(H,22,28). The minimum absolute atomic E-state index is 0.00536. The number of methoxy groups -OCH3 is 1. The molecule has 14 nitrogen and oxygen atoms in total. The molecule has 1 aromatic heterocycles. The van der Waals surface area contributed by atoms with Gasteiger partial charge in [0.15, 0.2) is 6.61 Å². The van der Waals surface area contributed by atoms with Crippen molar-refractivity contribution in [3.05, 3.63) is 64.5 Å². The fourth-order valence-corrected chi connectivity index (χ4v) is 2.65. The second-order valence-electron chi connectivity index (χ2n) is 6.37. The first-order valence-electron chi connectivity index (χ1n) is 9.26. The number of hydrogen-bond donors (Lipinski definition) is 2. The number of carbonyl (C=O) groups is 3. The lowest BCUT2D eigenvalue weighted by Gasteiger charge is -2.11. The van der Waals surface area contributed by atoms with Crippen molar-refractivity contribution < 1.29 is 28.8 Å². The molecule has 0 radical (unpaired) electrons. The van der Waals surface area contributed by atoms with Gasteiger partial charge in [-0.15, -0.1) is 5.10 Å². The zero-order valence-corrected chi connectivity index (χ0v) is 17.1. The summed E-state index contributed by atoms with van der Waals surface area (Å²) in [6.45, 7) is -0.894. The first-order valence-corrected chi connectivity index (χ1v) is 9.26. The third-order valence-electron chi connectivity index (χ3n) is 4.13. The van der Waals surface area contributed by atoms with Gasteiger partial charge in [0.1, 0.15) is 24.3 Å². The molecule has 0 atom stereocenters. The van der Waals surface area contributed by atoms with Gasteiger partial charge >= 0.3 is 5.97 Å². The molecule has 0 aliphatic carbocycles. The predicted molar refractivity (Wildman–Crippen MR) is 111 cm³/mol. The summed E-state index contributed by atoms with van der Waals surface area (Å²) < 4.78 is 11.1. The molecule has 33 heavy (non-hydrogen) atoms. The lowest BCUT2D eigenvalue weighted by molar-refractivity contribution is -0.384. The van der Waals surface area contributed by atoms with E-state index in [-0.39, 0.29) is 34.9 Å². The maximum absolute atomic E-state index is 12.5. The van der Waals surface area contributed by atoms with Crippen molar-refractivity contribution in [3.63, 3.8) is 0 Å². The summed E-state index contributed by atoms with van der Waals surface area (Å²) in [4.78, 5) is 47.3. The van der Waals surface area contributed by atoms with Gasteiger partial charge in [0.2, 0.25) is 5.91 Å². The molecule has 0 aliphatic rings. The fraction of sp³-hybridized carbons (Fsp3) is 0.158. The minimum atomic E-state index is -0.882. The molecule has 2 amide bonds. The molecule has 0 saturated carbocycles. The molecule has 1 heterocycles. The van der Waals surface area contributed by atoms with E-state index in [4.69, 9.17) is 9.47 Å². The lowest BCUT2D eigenvalue weighted by Crippen LogP contribution is -2.23. The Morgan fingerprint density at radius 2 is 1.85 bits per heavy atom. The van der Waals surface area contributed by atoms with Gasteiger partial charge in [-0.05, 0) is 34.7 Å². The molecule has 14 heteroatoms. The minimum Gasteiger partial charge on any atom is -0.496 e. The van der Waals surface area contributed by atoms with Crippen molar-refractivity contribution in [1.29, 1.82) is 0 Å². The number of para-hydroxylation sites is 1. The number of nitrogens with one attached hydrogen (secondary N) is 2. The highest BCUT2D eigenvalue weighted by atomic mass is 16.6. The van der Waals surface area contributed by atoms with Gasteiger partial charge in [-0.3, -0.25) is 19.7 Å². The highest BCUT2D eigenvalue weighted by Crippen LogP contribution is 2.28. The average Bonchev–Trinajstić information content (AvgIpc) is 3.30. The second kappa shape index (κ2) is 10.4. The summed E-state index contributed by atoms with van der Waals surface area (Å²) in [5.74, 6) is -1.93. The zero-order valence-electron chi connectivity index (χ0n) is 17.1. The maximum atomic E-state index is 12.5. The van der Waals surface area contributed by atoms with E-state index < -0.39 is 29.3 Å². The first-order chi connectivity index (χ1) is 15.9. The van der Waals surface area contributed by atoms with Crippen LogP contribution in [0.1, 0.15) is 10.4 Å². The summed E-state index contributed by atoms with van der Waals surface area (Å²) in [6, 6.07) is 9.91. The van der Waals surface area contributed by atoms with Crippen LogP contribution in [-0.2, 0) is 20.9 Å². The Morgan fingerprint density at radius 1 is 1.09 bits per heavy atom. The number of tetrazole rings is 1. The normalized spacial score (nSPS) is 10.2. The summed E-state index contributed by atoms with van der Waals surface area (Å²) >= 11 is 0. The van der Waals surface area contributed by atoms with E-state index in [9.17, 15) is 24.5 Å². The molecule has 0 unspecified atom stereocenters. The summed E-state index contributed by atoms with van der Waals surface area (Å²) in [5, 5.41) is 26.5. The second-order valence-corrected chi connectivity index (χ2v) is 6.37. The molecule has 2 N–H and O–H groups in total. The number of nitro groups is 1. The quantitative estimate of drug-likeness (QED) is 0.269. The van der Waals surface area contributed by atoms with Crippen molar-refractivity contribution >= 4 is 34.8 Å². The Labute approximate surface area is 185 Å². The number of carbonyl (C=O) groups excluding carboxylic acids is 3. The third kappa shape index (κ3) is 6.06. The van der Waals surface area contributed by atoms with Crippen LogP contribution >= 0.6 is 0 Å². The van der Waals surface area contributed by atoms with Crippen LogP contribution in [-0.4, -0.2) is 56.6 Å². The SMILES string of the molecule is COc1ccc(NC(=O)COC(=O)c2ccccc2NC(=O)Cn2cnnn2)c([N+](=O)[O-])c1. The number of benzene rings is 2. The van der Waals surface area contributed by atoms with Crippen molar-refractivity contribution in [2.24, 2.45) is 0 Å². The highest BCUT2D eigenvalue weighted by molar-refractivity contribution is 6.02.